The number of esters is 1. The fourth-order valence-electron chi connectivity index (χ4n) is 1.85. The first-order valence-corrected chi connectivity index (χ1v) is 6.24. The van der Waals surface area contributed by atoms with Gasteiger partial charge in [0.1, 0.15) is 11.4 Å². The highest BCUT2D eigenvalue weighted by Gasteiger charge is 2.32. The lowest BCUT2D eigenvalue weighted by atomic mass is 10.1. The number of nitrogens with two attached hydrogens (primary N) is 1. The minimum Gasteiger partial charge on any atom is -0.464 e. The molecular formula is C14H11F4N3O2. The topological polar surface area (TPSA) is 78.1 Å². The molecular weight excluding hydrogens is 318 g/mol. The number of halogens is 4. The standard InChI is InChI=1S/C14H11F4N3O2/c1-6-10(19)9(15)12(21-11(6)13(22)23-2)7-3-4-8(20-5-7)14(16,17)18/h3-5H,1-2H3,(H2,19,21). The molecule has 5 nitrogen and oxygen atoms in total. The second-order valence-electron chi connectivity index (χ2n) is 4.58. The van der Waals surface area contributed by atoms with E-state index in [2.05, 4.69) is 14.7 Å². The number of pyridine rings is 2. The van der Waals surface area contributed by atoms with Gasteiger partial charge in [0.2, 0.25) is 0 Å². The summed E-state index contributed by atoms with van der Waals surface area (Å²) in [6.45, 7) is 1.38. The van der Waals surface area contributed by atoms with Crippen LogP contribution in [0.2, 0.25) is 0 Å². The summed E-state index contributed by atoms with van der Waals surface area (Å²) in [6, 6.07) is 1.68. The summed E-state index contributed by atoms with van der Waals surface area (Å²) < 4.78 is 56.3. The Hall–Kier alpha value is -2.71. The first-order valence-electron chi connectivity index (χ1n) is 6.24. The van der Waals surface area contributed by atoms with Crippen LogP contribution in [0.15, 0.2) is 18.3 Å². The lowest BCUT2D eigenvalue weighted by Gasteiger charge is -2.12. The maximum atomic E-state index is 14.2. The number of methoxy groups -OCH3 is 1. The van der Waals surface area contributed by atoms with E-state index in [4.69, 9.17) is 5.73 Å². The third-order valence-electron chi connectivity index (χ3n) is 3.13. The highest BCUT2D eigenvalue weighted by Crippen LogP contribution is 2.31. The van der Waals surface area contributed by atoms with Crippen molar-refractivity contribution in [3.05, 3.63) is 41.1 Å². The molecule has 0 aromatic carbocycles. The molecule has 2 rings (SSSR count). The molecule has 2 aromatic rings. The molecule has 0 aliphatic rings. The van der Waals surface area contributed by atoms with E-state index in [1.807, 2.05) is 0 Å². The van der Waals surface area contributed by atoms with Crippen molar-refractivity contribution in [3.8, 4) is 11.3 Å². The molecule has 0 bridgehead atoms. The molecule has 0 spiro atoms. The Bertz CT molecular complexity index is 758. The number of hydrogen-bond acceptors (Lipinski definition) is 5. The normalized spacial score (nSPS) is 11.4. The fourth-order valence-corrected chi connectivity index (χ4v) is 1.85. The number of carbonyl (C=O) groups is 1. The SMILES string of the molecule is COC(=O)c1nc(-c2ccc(C(F)(F)F)nc2)c(F)c(N)c1C. The maximum absolute atomic E-state index is 14.2. The van der Waals surface area contributed by atoms with Gasteiger partial charge in [-0.3, -0.25) is 4.98 Å². The molecule has 2 N–H and O–H groups in total. The van der Waals surface area contributed by atoms with Gasteiger partial charge >= 0.3 is 12.1 Å². The predicted octanol–water partition coefficient (Wildman–Crippen LogP) is 2.98. The number of rotatable bonds is 2. The highest BCUT2D eigenvalue weighted by molar-refractivity contribution is 5.91. The molecule has 2 aromatic heterocycles. The molecule has 0 unspecified atom stereocenters. The molecule has 0 atom stereocenters. The van der Waals surface area contributed by atoms with Crippen LogP contribution >= 0.6 is 0 Å². The first kappa shape index (κ1) is 16.7. The van der Waals surface area contributed by atoms with Crippen molar-refractivity contribution in [1.29, 1.82) is 0 Å². The van der Waals surface area contributed by atoms with Crippen molar-refractivity contribution in [3.63, 3.8) is 0 Å². The summed E-state index contributed by atoms with van der Waals surface area (Å²) in [7, 11) is 1.11. The van der Waals surface area contributed by atoms with Crippen LogP contribution in [0.25, 0.3) is 11.3 Å². The molecule has 0 saturated carbocycles. The van der Waals surface area contributed by atoms with E-state index in [-0.39, 0.29) is 28.2 Å². The Morgan fingerprint density at radius 1 is 1.30 bits per heavy atom. The number of ether oxygens (including phenoxy) is 1. The summed E-state index contributed by atoms with van der Waals surface area (Å²) >= 11 is 0. The largest absolute Gasteiger partial charge is 0.464 e. The Morgan fingerprint density at radius 3 is 2.43 bits per heavy atom. The lowest BCUT2D eigenvalue weighted by Crippen LogP contribution is -2.12. The average Bonchev–Trinajstić information content (AvgIpc) is 2.51. The minimum atomic E-state index is -4.62. The Kier molecular flexibility index (Phi) is 4.22. The van der Waals surface area contributed by atoms with E-state index in [1.54, 1.807) is 0 Å². The van der Waals surface area contributed by atoms with E-state index in [0.717, 1.165) is 19.4 Å². The lowest BCUT2D eigenvalue weighted by molar-refractivity contribution is -0.141. The molecule has 0 amide bonds. The van der Waals surface area contributed by atoms with Crippen LogP contribution in [0, 0.1) is 12.7 Å². The molecule has 23 heavy (non-hydrogen) atoms. The second-order valence-corrected chi connectivity index (χ2v) is 4.58. The highest BCUT2D eigenvalue weighted by atomic mass is 19.4. The third kappa shape index (κ3) is 3.08. The van der Waals surface area contributed by atoms with Crippen molar-refractivity contribution in [2.24, 2.45) is 0 Å². The minimum absolute atomic E-state index is 0.0487. The number of nitrogen functional groups attached to an aromatic ring is 1. The monoisotopic (exact) mass is 329 g/mol. The van der Waals surface area contributed by atoms with Crippen LogP contribution in [0.5, 0.6) is 0 Å². The molecule has 0 fully saturated rings. The molecule has 0 aliphatic carbocycles. The molecule has 0 radical (unpaired) electrons. The molecule has 9 heteroatoms. The van der Waals surface area contributed by atoms with Crippen molar-refractivity contribution in [2.45, 2.75) is 13.1 Å². The van der Waals surface area contributed by atoms with E-state index >= 15 is 0 Å². The molecule has 122 valence electrons. The quantitative estimate of drug-likeness (QED) is 0.677. The number of nitrogens with zero attached hydrogens (tertiary/aromatic N) is 2. The summed E-state index contributed by atoms with van der Waals surface area (Å²) in [5, 5.41) is 0. The van der Waals surface area contributed by atoms with Crippen molar-refractivity contribution in [1.82, 2.24) is 9.97 Å². The fraction of sp³-hybridized carbons (Fsp3) is 0.214. The summed E-state index contributed by atoms with van der Waals surface area (Å²) in [5.74, 6) is -1.79. The average molecular weight is 329 g/mol. The van der Waals surface area contributed by atoms with Gasteiger partial charge in [0.05, 0.1) is 12.8 Å². The molecule has 2 heterocycles. The van der Waals surface area contributed by atoms with Crippen molar-refractivity contribution in [2.75, 3.05) is 12.8 Å². The second kappa shape index (κ2) is 5.82. The molecule has 0 aliphatic heterocycles. The number of anilines is 1. The smallest absolute Gasteiger partial charge is 0.433 e. The zero-order chi connectivity index (χ0) is 17.4. The predicted molar refractivity (Wildman–Crippen MR) is 72.9 cm³/mol. The number of aromatic nitrogens is 2. The van der Waals surface area contributed by atoms with Crippen LogP contribution in [0.3, 0.4) is 0 Å². The van der Waals surface area contributed by atoms with Crippen LogP contribution in [-0.4, -0.2) is 23.0 Å². The van der Waals surface area contributed by atoms with Gasteiger partial charge in [-0.05, 0) is 19.1 Å². The summed E-state index contributed by atoms with van der Waals surface area (Å²) in [5.41, 5.74) is 3.55. The van der Waals surface area contributed by atoms with Crippen LogP contribution in [-0.2, 0) is 10.9 Å². The van der Waals surface area contributed by atoms with Gasteiger partial charge in [-0.2, -0.15) is 13.2 Å². The van der Waals surface area contributed by atoms with Gasteiger partial charge in [0.15, 0.2) is 11.5 Å². The van der Waals surface area contributed by atoms with Gasteiger partial charge in [0, 0.05) is 17.3 Å². The van der Waals surface area contributed by atoms with E-state index in [0.29, 0.717) is 6.07 Å². The summed E-state index contributed by atoms with van der Waals surface area (Å²) in [4.78, 5) is 18.7. The zero-order valence-corrected chi connectivity index (χ0v) is 12.0. The van der Waals surface area contributed by atoms with E-state index in [1.165, 1.54) is 6.92 Å². The van der Waals surface area contributed by atoms with Gasteiger partial charge in [-0.1, -0.05) is 0 Å². The maximum Gasteiger partial charge on any atom is 0.433 e. The van der Waals surface area contributed by atoms with E-state index in [9.17, 15) is 22.4 Å². The van der Waals surface area contributed by atoms with Crippen LogP contribution in [0.1, 0.15) is 21.7 Å². The Balaban J connectivity index is 2.59. The van der Waals surface area contributed by atoms with Gasteiger partial charge in [-0.25, -0.2) is 14.2 Å². The Morgan fingerprint density at radius 2 is 1.96 bits per heavy atom. The first-order chi connectivity index (χ1) is 10.7. The van der Waals surface area contributed by atoms with Crippen molar-refractivity contribution < 1.29 is 27.1 Å². The van der Waals surface area contributed by atoms with Crippen LogP contribution in [0.4, 0.5) is 23.2 Å². The number of hydrogen-bond donors (Lipinski definition) is 1. The molecule has 0 saturated heterocycles. The summed E-state index contributed by atoms with van der Waals surface area (Å²) in [6.07, 6.45) is -3.81. The zero-order valence-electron chi connectivity index (χ0n) is 12.0. The van der Waals surface area contributed by atoms with Crippen molar-refractivity contribution >= 4 is 11.7 Å². The van der Waals surface area contributed by atoms with Gasteiger partial charge in [0.25, 0.3) is 0 Å². The van der Waals surface area contributed by atoms with E-state index < -0.39 is 23.7 Å². The van der Waals surface area contributed by atoms with Gasteiger partial charge in [-0.15, -0.1) is 0 Å². The van der Waals surface area contributed by atoms with Gasteiger partial charge < -0.3 is 10.5 Å². The van der Waals surface area contributed by atoms with Crippen LogP contribution < -0.4 is 5.73 Å². The number of carbonyl (C=O) groups excluding carboxylic acids is 1. The third-order valence-corrected chi connectivity index (χ3v) is 3.13. The number of alkyl halides is 3. The Labute approximate surface area is 128 Å².